The molecule has 0 aliphatic heterocycles. The van der Waals surface area contributed by atoms with Crippen LogP contribution in [0.1, 0.15) is 52.8 Å². The summed E-state index contributed by atoms with van der Waals surface area (Å²) in [7, 11) is 0. The minimum atomic E-state index is -0.576. The molecule has 1 aromatic rings. The Kier molecular flexibility index (Phi) is 3.54. The molecule has 18 heavy (non-hydrogen) atoms. The zero-order valence-electron chi connectivity index (χ0n) is 12.1. The van der Waals surface area contributed by atoms with E-state index in [1.807, 2.05) is 12.4 Å². The van der Waals surface area contributed by atoms with Crippen LogP contribution in [0.5, 0.6) is 0 Å². The topological polar surface area (TPSA) is 38.0 Å². The van der Waals surface area contributed by atoms with Gasteiger partial charge in [0.15, 0.2) is 0 Å². The molecule has 0 saturated heterocycles. The molecule has 0 aromatic carbocycles. The van der Waals surface area contributed by atoms with E-state index in [2.05, 4.69) is 37.2 Å². The van der Waals surface area contributed by atoms with Crippen molar-refractivity contribution in [1.29, 1.82) is 0 Å². The lowest BCUT2D eigenvalue weighted by atomic mass is 9.64. The Morgan fingerprint density at radius 2 is 2.17 bits per heavy atom. The van der Waals surface area contributed by atoms with Crippen LogP contribution in [0.25, 0.3) is 0 Å². The monoisotopic (exact) mass is 250 g/mol. The first-order chi connectivity index (χ1) is 8.36. The molecule has 1 N–H and O–H groups in total. The number of aromatic nitrogens is 2. The van der Waals surface area contributed by atoms with Crippen molar-refractivity contribution in [2.75, 3.05) is 0 Å². The summed E-state index contributed by atoms with van der Waals surface area (Å²) in [5, 5.41) is 10.9. The van der Waals surface area contributed by atoms with E-state index in [1.165, 1.54) is 0 Å². The molecule has 3 heteroatoms. The summed E-state index contributed by atoms with van der Waals surface area (Å²) in [5.41, 5.74) is -0.209. The van der Waals surface area contributed by atoms with Crippen LogP contribution in [0.2, 0.25) is 0 Å². The molecule has 1 saturated carbocycles. The van der Waals surface area contributed by atoms with Crippen LogP contribution in [-0.4, -0.2) is 20.3 Å². The molecule has 2 rings (SSSR count). The Morgan fingerprint density at radius 1 is 1.44 bits per heavy atom. The SMILES string of the molecule is CCn1ccnc1CC1(O)CCC(C)(C)CC1C. The molecule has 1 fully saturated rings. The second kappa shape index (κ2) is 4.69. The van der Waals surface area contributed by atoms with Gasteiger partial charge in [-0.05, 0) is 37.5 Å². The smallest absolute Gasteiger partial charge is 0.111 e. The zero-order chi connectivity index (χ0) is 13.4. The van der Waals surface area contributed by atoms with Gasteiger partial charge in [-0.15, -0.1) is 0 Å². The summed E-state index contributed by atoms with van der Waals surface area (Å²) < 4.78 is 2.13. The highest BCUT2D eigenvalue weighted by molar-refractivity contribution is 5.03. The molecule has 102 valence electrons. The number of hydrogen-bond acceptors (Lipinski definition) is 2. The molecule has 1 aliphatic rings. The number of imidazole rings is 1. The molecule has 0 radical (unpaired) electrons. The van der Waals surface area contributed by atoms with Gasteiger partial charge in [0.05, 0.1) is 5.60 Å². The third-order valence-corrected chi connectivity index (χ3v) is 4.62. The van der Waals surface area contributed by atoms with Crippen LogP contribution in [0.3, 0.4) is 0 Å². The third kappa shape index (κ3) is 2.61. The van der Waals surface area contributed by atoms with Gasteiger partial charge in [0.2, 0.25) is 0 Å². The van der Waals surface area contributed by atoms with E-state index in [4.69, 9.17) is 0 Å². The number of aliphatic hydroxyl groups is 1. The Labute approximate surface area is 110 Å². The predicted molar refractivity (Wildman–Crippen MR) is 73.4 cm³/mol. The van der Waals surface area contributed by atoms with Crippen molar-refractivity contribution < 1.29 is 5.11 Å². The van der Waals surface area contributed by atoms with Gasteiger partial charge in [-0.2, -0.15) is 0 Å². The van der Waals surface area contributed by atoms with Gasteiger partial charge in [0, 0.05) is 25.4 Å². The quantitative estimate of drug-likeness (QED) is 0.895. The van der Waals surface area contributed by atoms with Crippen LogP contribution in [0.4, 0.5) is 0 Å². The van der Waals surface area contributed by atoms with Crippen LogP contribution in [0.15, 0.2) is 12.4 Å². The van der Waals surface area contributed by atoms with E-state index >= 15 is 0 Å². The highest BCUT2D eigenvalue weighted by Gasteiger charge is 2.43. The molecule has 0 bridgehead atoms. The second-order valence-corrected chi connectivity index (χ2v) is 6.68. The minimum Gasteiger partial charge on any atom is -0.389 e. The largest absolute Gasteiger partial charge is 0.389 e. The highest BCUT2D eigenvalue weighted by atomic mass is 16.3. The third-order valence-electron chi connectivity index (χ3n) is 4.62. The molecule has 0 amide bonds. The van der Waals surface area contributed by atoms with Gasteiger partial charge in [-0.25, -0.2) is 4.98 Å². The molecule has 2 atom stereocenters. The summed E-state index contributed by atoms with van der Waals surface area (Å²) >= 11 is 0. The van der Waals surface area contributed by atoms with Crippen molar-refractivity contribution in [3.63, 3.8) is 0 Å². The number of hydrogen-bond donors (Lipinski definition) is 1. The maximum atomic E-state index is 10.9. The van der Waals surface area contributed by atoms with Crippen molar-refractivity contribution in [3.05, 3.63) is 18.2 Å². The lowest BCUT2D eigenvalue weighted by molar-refractivity contribution is -0.0720. The van der Waals surface area contributed by atoms with E-state index in [0.29, 0.717) is 17.8 Å². The molecular formula is C15H26N2O. The summed E-state index contributed by atoms with van der Waals surface area (Å²) in [4.78, 5) is 4.40. The first-order valence-electron chi connectivity index (χ1n) is 7.09. The second-order valence-electron chi connectivity index (χ2n) is 6.68. The summed E-state index contributed by atoms with van der Waals surface area (Å²) in [6.45, 7) is 9.82. The molecule has 1 aliphatic carbocycles. The molecule has 1 heterocycles. The Morgan fingerprint density at radius 3 is 2.78 bits per heavy atom. The average Bonchev–Trinajstić information content (AvgIpc) is 2.71. The molecular weight excluding hydrogens is 224 g/mol. The summed E-state index contributed by atoms with van der Waals surface area (Å²) in [5.74, 6) is 1.36. The highest BCUT2D eigenvalue weighted by Crippen LogP contribution is 2.44. The fraction of sp³-hybridized carbons (Fsp3) is 0.800. The van der Waals surface area contributed by atoms with Gasteiger partial charge in [0.25, 0.3) is 0 Å². The van der Waals surface area contributed by atoms with Crippen molar-refractivity contribution in [1.82, 2.24) is 9.55 Å². The van der Waals surface area contributed by atoms with Crippen LogP contribution >= 0.6 is 0 Å². The van der Waals surface area contributed by atoms with Gasteiger partial charge in [-0.3, -0.25) is 0 Å². The van der Waals surface area contributed by atoms with Gasteiger partial charge < -0.3 is 9.67 Å². The maximum absolute atomic E-state index is 10.9. The number of nitrogens with zero attached hydrogens (tertiary/aromatic N) is 2. The van der Waals surface area contributed by atoms with Gasteiger partial charge in [-0.1, -0.05) is 20.8 Å². The fourth-order valence-electron chi connectivity index (χ4n) is 3.25. The molecule has 3 nitrogen and oxygen atoms in total. The van der Waals surface area contributed by atoms with Gasteiger partial charge >= 0.3 is 0 Å². The minimum absolute atomic E-state index is 0.336. The Balaban J connectivity index is 2.13. The lowest BCUT2D eigenvalue weighted by Gasteiger charge is -2.45. The van der Waals surface area contributed by atoms with E-state index in [0.717, 1.165) is 31.6 Å². The van der Waals surface area contributed by atoms with Crippen LogP contribution < -0.4 is 0 Å². The standard InChI is InChI=1S/C15H26N2O/c1-5-17-9-8-16-13(17)11-15(18)7-6-14(3,4)10-12(15)2/h8-9,12,18H,5-7,10-11H2,1-4H3. The fourth-order valence-corrected chi connectivity index (χ4v) is 3.25. The van der Waals surface area contributed by atoms with Crippen molar-refractivity contribution in [2.24, 2.45) is 11.3 Å². The van der Waals surface area contributed by atoms with E-state index in [1.54, 1.807) is 0 Å². The first kappa shape index (κ1) is 13.6. The summed E-state index contributed by atoms with van der Waals surface area (Å²) in [6, 6.07) is 0. The Hall–Kier alpha value is -0.830. The molecule has 1 aromatic heterocycles. The summed E-state index contributed by atoms with van der Waals surface area (Å²) in [6.07, 6.45) is 7.59. The number of aryl methyl sites for hydroxylation is 1. The van der Waals surface area contributed by atoms with E-state index in [9.17, 15) is 5.11 Å². The van der Waals surface area contributed by atoms with E-state index in [-0.39, 0.29) is 0 Å². The van der Waals surface area contributed by atoms with Gasteiger partial charge in [0.1, 0.15) is 5.82 Å². The average molecular weight is 250 g/mol. The van der Waals surface area contributed by atoms with E-state index < -0.39 is 5.60 Å². The first-order valence-corrected chi connectivity index (χ1v) is 7.09. The normalized spacial score (nSPS) is 31.5. The van der Waals surface area contributed by atoms with Crippen LogP contribution in [0, 0.1) is 11.3 Å². The number of rotatable bonds is 3. The zero-order valence-corrected chi connectivity index (χ0v) is 12.1. The van der Waals surface area contributed by atoms with Crippen molar-refractivity contribution in [3.8, 4) is 0 Å². The van der Waals surface area contributed by atoms with Crippen molar-refractivity contribution >= 4 is 0 Å². The lowest BCUT2D eigenvalue weighted by Crippen LogP contribution is -2.46. The molecule has 2 unspecified atom stereocenters. The van der Waals surface area contributed by atoms with Crippen LogP contribution in [-0.2, 0) is 13.0 Å². The Bertz CT molecular complexity index is 410. The van der Waals surface area contributed by atoms with Crippen molar-refractivity contribution in [2.45, 2.75) is 65.5 Å². The maximum Gasteiger partial charge on any atom is 0.111 e. The predicted octanol–water partition coefficient (Wildman–Crippen LogP) is 3.02. The molecule has 0 spiro atoms.